The molecule has 0 bridgehead atoms. The van der Waals surface area contributed by atoms with Crippen molar-refractivity contribution in [1.29, 1.82) is 0 Å². The van der Waals surface area contributed by atoms with Crippen molar-refractivity contribution in [3.8, 4) is 0 Å². The number of aromatic amines is 1. The zero-order valence-electron chi connectivity index (χ0n) is 11.1. The highest BCUT2D eigenvalue weighted by Gasteiger charge is 2.23. The Morgan fingerprint density at radius 1 is 1.33 bits per heavy atom. The molecule has 0 saturated carbocycles. The van der Waals surface area contributed by atoms with E-state index in [-0.39, 0.29) is 26.9 Å². The molecule has 0 aliphatic carbocycles. The Morgan fingerprint density at radius 2 is 2.00 bits per heavy atom. The minimum atomic E-state index is -3.99. The highest BCUT2D eigenvalue weighted by atomic mass is 35.5. The van der Waals surface area contributed by atoms with E-state index >= 15 is 0 Å². The lowest BCUT2D eigenvalue weighted by atomic mass is 10.1. The molecule has 21 heavy (non-hydrogen) atoms. The Morgan fingerprint density at radius 3 is 2.52 bits per heavy atom. The quantitative estimate of drug-likeness (QED) is 0.795. The smallest absolute Gasteiger partial charge is 0.336 e. The number of aromatic carboxylic acids is 1. The largest absolute Gasteiger partial charge is 0.478 e. The van der Waals surface area contributed by atoms with Crippen LogP contribution in [0.1, 0.15) is 21.6 Å². The number of carbonyl (C=O) groups is 1. The van der Waals surface area contributed by atoms with Crippen LogP contribution in [0, 0.1) is 13.8 Å². The van der Waals surface area contributed by atoms with Gasteiger partial charge in [-0.05, 0) is 31.5 Å². The fourth-order valence-corrected chi connectivity index (χ4v) is 3.39. The topological polar surface area (TPSA) is 112 Å². The number of carboxylic acids is 1. The maximum absolute atomic E-state index is 12.3. The number of hydrogen-bond donors (Lipinski definition) is 3. The van der Waals surface area contributed by atoms with Crippen LogP contribution in [0.3, 0.4) is 0 Å². The van der Waals surface area contributed by atoms with E-state index in [1.54, 1.807) is 6.92 Å². The van der Waals surface area contributed by atoms with E-state index in [4.69, 9.17) is 16.7 Å². The third-order valence-corrected chi connectivity index (χ3v) is 4.49. The van der Waals surface area contributed by atoms with Crippen LogP contribution in [-0.4, -0.2) is 29.7 Å². The number of hydrogen-bond acceptors (Lipinski definition) is 4. The molecule has 0 spiro atoms. The molecule has 0 amide bonds. The van der Waals surface area contributed by atoms with Gasteiger partial charge in [-0.1, -0.05) is 11.6 Å². The van der Waals surface area contributed by atoms with Gasteiger partial charge in [0.15, 0.2) is 5.82 Å². The van der Waals surface area contributed by atoms with Crippen LogP contribution in [0.5, 0.6) is 0 Å². The molecule has 2 rings (SSSR count). The molecule has 9 heteroatoms. The Balaban J connectivity index is 2.52. The van der Waals surface area contributed by atoms with Crippen LogP contribution in [-0.2, 0) is 10.0 Å². The first kappa shape index (κ1) is 15.3. The zero-order chi connectivity index (χ0) is 15.8. The summed E-state index contributed by atoms with van der Waals surface area (Å²) >= 11 is 5.80. The van der Waals surface area contributed by atoms with Gasteiger partial charge in [0.05, 0.1) is 10.5 Å². The van der Waals surface area contributed by atoms with Gasteiger partial charge in [-0.15, -0.1) is 0 Å². The molecule has 1 heterocycles. The average molecular weight is 330 g/mol. The van der Waals surface area contributed by atoms with Crippen LogP contribution >= 0.6 is 11.6 Å². The minimum Gasteiger partial charge on any atom is -0.478 e. The van der Waals surface area contributed by atoms with E-state index in [9.17, 15) is 13.2 Å². The third-order valence-electron chi connectivity index (χ3n) is 2.79. The highest BCUT2D eigenvalue weighted by Crippen LogP contribution is 2.26. The lowest BCUT2D eigenvalue weighted by Crippen LogP contribution is -2.16. The van der Waals surface area contributed by atoms with Gasteiger partial charge in [0.1, 0.15) is 0 Å². The van der Waals surface area contributed by atoms with Crippen LogP contribution in [0.2, 0.25) is 5.02 Å². The summed E-state index contributed by atoms with van der Waals surface area (Å²) in [7, 11) is -3.99. The first-order chi connectivity index (χ1) is 9.70. The summed E-state index contributed by atoms with van der Waals surface area (Å²) in [5.74, 6) is -1.13. The number of nitrogens with zero attached hydrogens (tertiary/aromatic N) is 1. The highest BCUT2D eigenvalue weighted by molar-refractivity contribution is 7.92. The van der Waals surface area contributed by atoms with Gasteiger partial charge in [-0.3, -0.25) is 9.82 Å². The lowest BCUT2D eigenvalue weighted by molar-refractivity contribution is 0.0696. The maximum Gasteiger partial charge on any atom is 0.336 e. The number of benzene rings is 1. The number of aryl methyl sites for hydroxylation is 1. The number of halogens is 1. The molecule has 0 unspecified atom stereocenters. The summed E-state index contributed by atoms with van der Waals surface area (Å²) in [5, 5.41) is 15.5. The summed E-state index contributed by atoms with van der Waals surface area (Å²) < 4.78 is 27.0. The van der Waals surface area contributed by atoms with Gasteiger partial charge in [0, 0.05) is 16.8 Å². The second-order valence-electron chi connectivity index (χ2n) is 4.42. The molecular formula is C12H12ClN3O4S. The van der Waals surface area contributed by atoms with Crippen LogP contribution in [0.25, 0.3) is 0 Å². The number of sulfonamides is 1. The fraction of sp³-hybridized carbons (Fsp3) is 0.167. The second-order valence-corrected chi connectivity index (χ2v) is 6.51. The fourth-order valence-electron chi connectivity index (χ4n) is 1.82. The molecule has 0 aliphatic heterocycles. The Bertz CT molecular complexity index is 814. The van der Waals surface area contributed by atoms with E-state index in [2.05, 4.69) is 14.9 Å². The number of aromatic nitrogens is 2. The number of carboxylic acid groups (broad SMARTS) is 1. The first-order valence-electron chi connectivity index (χ1n) is 5.79. The molecule has 0 atom stereocenters. The summed E-state index contributed by atoms with van der Waals surface area (Å²) in [5.41, 5.74) is 0.620. The summed E-state index contributed by atoms with van der Waals surface area (Å²) in [6, 6.07) is 3.91. The predicted octanol–water partition coefficient (Wildman–Crippen LogP) is 2.18. The van der Waals surface area contributed by atoms with Gasteiger partial charge in [0.2, 0.25) is 0 Å². The molecule has 2 aromatic rings. The Labute approximate surface area is 126 Å². The van der Waals surface area contributed by atoms with Gasteiger partial charge in [-0.25, -0.2) is 13.2 Å². The second kappa shape index (κ2) is 5.38. The van der Waals surface area contributed by atoms with Gasteiger partial charge >= 0.3 is 5.97 Å². The van der Waals surface area contributed by atoms with Gasteiger partial charge < -0.3 is 5.11 Å². The number of H-pyrrole nitrogens is 1. The van der Waals surface area contributed by atoms with Crippen LogP contribution in [0.4, 0.5) is 5.82 Å². The molecule has 112 valence electrons. The van der Waals surface area contributed by atoms with Crippen LogP contribution < -0.4 is 4.72 Å². The molecule has 0 radical (unpaired) electrons. The molecule has 0 saturated heterocycles. The van der Waals surface area contributed by atoms with Crippen molar-refractivity contribution in [3.63, 3.8) is 0 Å². The summed E-state index contributed by atoms with van der Waals surface area (Å²) in [6.07, 6.45) is 0. The SMILES string of the molecule is Cc1cc(NS(=O)(=O)c2cc(Cl)cc(C(=O)O)c2C)n[nH]1. The number of anilines is 1. The third kappa shape index (κ3) is 3.17. The van der Waals surface area contributed by atoms with Crippen molar-refractivity contribution in [1.82, 2.24) is 10.2 Å². The van der Waals surface area contributed by atoms with Gasteiger partial charge in [-0.2, -0.15) is 5.10 Å². The van der Waals surface area contributed by atoms with E-state index in [0.29, 0.717) is 5.69 Å². The summed E-state index contributed by atoms with van der Waals surface area (Å²) in [6.45, 7) is 3.13. The lowest BCUT2D eigenvalue weighted by Gasteiger charge is -2.11. The number of rotatable bonds is 4. The van der Waals surface area contributed by atoms with Crippen molar-refractivity contribution in [2.75, 3.05) is 4.72 Å². The Kier molecular flexibility index (Phi) is 3.93. The minimum absolute atomic E-state index is 0.0246. The molecule has 1 aromatic carbocycles. The van der Waals surface area contributed by atoms with Gasteiger partial charge in [0.25, 0.3) is 10.0 Å². The Hall–Kier alpha value is -2.06. The molecule has 7 nitrogen and oxygen atoms in total. The van der Waals surface area contributed by atoms with Crippen molar-refractivity contribution < 1.29 is 18.3 Å². The van der Waals surface area contributed by atoms with E-state index in [1.165, 1.54) is 25.1 Å². The van der Waals surface area contributed by atoms with Crippen molar-refractivity contribution in [2.24, 2.45) is 0 Å². The van der Waals surface area contributed by atoms with Crippen LogP contribution in [0.15, 0.2) is 23.1 Å². The monoisotopic (exact) mass is 329 g/mol. The van der Waals surface area contributed by atoms with E-state index < -0.39 is 16.0 Å². The van der Waals surface area contributed by atoms with Crippen molar-refractivity contribution in [2.45, 2.75) is 18.7 Å². The molecule has 0 fully saturated rings. The molecule has 0 aliphatic rings. The standard InChI is InChI=1S/C12H12ClN3O4S/c1-6-3-11(15-14-6)16-21(19,20)10-5-8(13)4-9(7(10)2)12(17)18/h3-5H,1-2H3,(H,17,18)(H2,14,15,16). The van der Waals surface area contributed by atoms with E-state index in [0.717, 1.165) is 0 Å². The van der Waals surface area contributed by atoms with Crippen molar-refractivity contribution >= 4 is 33.4 Å². The molecule has 3 N–H and O–H groups in total. The molecular weight excluding hydrogens is 318 g/mol. The first-order valence-corrected chi connectivity index (χ1v) is 7.65. The average Bonchev–Trinajstić information content (AvgIpc) is 2.76. The molecule has 1 aromatic heterocycles. The maximum atomic E-state index is 12.3. The zero-order valence-corrected chi connectivity index (χ0v) is 12.7. The normalized spacial score (nSPS) is 11.4. The van der Waals surface area contributed by atoms with Crippen molar-refractivity contribution in [3.05, 3.63) is 40.0 Å². The predicted molar refractivity (Wildman–Crippen MR) is 77.3 cm³/mol. The number of nitrogens with one attached hydrogen (secondary N) is 2. The summed E-state index contributed by atoms with van der Waals surface area (Å²) in [4.78, 5) is 10.9. The van der Waals surface area contributed by atoms with E-state index in [1.807, 2.05) is 0 Å².